The number of carbonyl (C=O) groups excluding carboxylic acids is 1. The highest BCUT2D eigenvalue weighted by Gasteiger charge is 2.32. The highest BCUT2D eigenvalue weighted by Crippen LogP contribution is 2.31. The summed E-state index contributed by atoms with van der Waals surface area (Å²) < 4.78 is 39.7. The maximum atomic E-state index is 13.2. The van der Waals surface area contributed by atoms with Gasteiger partial charge in [0.25, 0.3) is 0 Å². The first-order valence-corrected chi connectivity index (χ1v) is 11.7. The summed E-state index contributed by atoms with van der Waals surface area (Å²) in [5.41, 5.74) is 1.65. The molecule has 1 amide bonds. The average Bonchev–Trinajstić information content (AvgIpc) is 3.39. The van der Waals surface area contributed by atoms with E-state index in [2.05, 4.69) is 15.5 Å². The van der Waals surface area contributed by atoms with Gasteiger partial charge in [-0.3, -0.25) is 4.79 Å². The van der Waals surface area contributed by atoms with E-state index in [0.717, 1.165) is 11.3 Å². The fourth-order valence-corrected chi connectivity index (χ4v) is 5.23. The molecule has 3 aromatic rings. The Balaban J connectivity index is 1.39. The summed E-state index contributed by atoms with van der Waals surface area (Å²) in [4.78, 5) is 14.5. The van der Waals surface area contributed by atoms with Crippen molar-refractivity contribution in [2.24, 2.45) is 0 Å². The number of tetrazole rings is 1. The first-order chi connectivity index (χ1) is 15.9. The summed E-state index contributed by atoms with van der Waals surface area (Å²) in [6.07, 6.45) is 1.72. The van der Waals surface area contributed by atoms with Crippen LogP contribution >= 0.6 is 0 Å². The quantitative estimate of drug-likeness (QED) is 0.494. The van der Waals surface area contributed by atoms with Gasteiger partial charge in [-0.25, -0.2) is 13.1 Å². The third kappa shape index (κ3) is 4.81. The summed E-state index contributed by atoms with van der Waals surface area (Å²) in [6, 6.07) is 12.0. The number of rotatable bonds is 7. The van der Waals surface area contributed by atoms with Crippen LogP contribution in [0.25, 0.3) is 5.69 Å². The lowest BCUT2D eigenvalue weighted by Crippen LogP contribution is -2.50. The number of hydrogen-bond acceptors (Lipinski definition) is 8. The number of piperazine rings is 1. The largest absolute Gasteiger partial charge is 0.497 e. The Morgan fingerprint density at radius 1 is 1.00 bits per heavy atom. The van der Waals surface area contributed by atoms with Gasteiger partial charge >= 0.3 is 0 Å². The third-order valence-corrected chi connectivity index (χ3v) is 7.41. The molecular weight excluding hydrogens is 448 g/mol. The van der Waals surface area contributed by atoms with Crippen molar-refractivity contribution < 1.29 is 22.7 Å². The minimum atomic E-state index is -3.80. The molecule has 11 nitrogen and oxygen atoms in total. The van der Waals surface area contributed by atoms with E-state index in [0.29, 0.717) is 18.8 Å². The summed E-state index contributed by atoms with van der Waals surface area (Å²) in [6.45, 7) is 1.03. The lowest BCUT2D eigenvalue weighted by atomic mass is 10.1. The summed E-state index contributed by atoms with van der Waals surface area (Å²) >= 11 is 0. The molecule has 0 N–H and O–H groups in total. The number of amides is 1. The van der Waals surface area contributed by atoms with Crippen LogP contribution in [0.1, 0.15) is 5.56 Å². The first-order valence-electron chi connectivity index (χ1n) is 10.2. The molecule has 174 valence electrons. The molecule has 0 aliphatic carbocycles. The Morgan fingerprint density at radius 2 is 1.73 bits per heavy atom. The number of nitrogens with zero attached hydrogens (tertiary/aromatic N) is 6. The van der Waals surface area contributed by atoms with Crippen LogP contribution in [0.4, 0.5) is 0 Å². The monoisotopic (exact) mass is 472 g/mol. The number of aromatic nitrogens is 4. The van der Waals surface area contributed by atoms with Crippen LogP contribution < -0.4 is 9.47 Å². The van der Waals surface area contributed by atoms with Crippen molar-refractivity contribution in [3.8, 4) is 17.2 Å². The molecule has 4 rings (SSSR count). The van der Waals surface area contributed by atoms with Gasteiger partial charge in [-0.05, 0) is 40.3 Å². The maximum Gasteiger partial charge on any atom is 0.247 e. The molecule has 2 heterocycles. The Morgan fingerprint density at radius 3 is 2.33 bits per heavy atom. The van der Waals surface area contributed by atoms with E-state index in [1.54, 1.807) is 17.0 Å². The van der Waals surface area contributed by atoms with E-state index in [1.807, 2.05) is 24.3 Å². The van der Waals surface area contributed by atoms with E-state index >= 15 is 0 Å². The topological polar surface area (TPSA) is 120 Å². The molecule has 1 fully saturated rings. The van der Waals surface area contributed by atoms with E-state index in [9.17, 15) is 13.2 Å². The van der Waals surface area contributed by atoms with E-state index in [1.165, 1.54) is 35.6 Å². The Hall–Kier alpha value is -3.51. The Labute approximate surface area is 191 Å². The Kier molecular flexibility index (Phi) is 6.56. The standard InChI is InChI=1S/C21H24N6O5S/c1-31-18-7-8-19(32-2)20(14-18)33(29,30)26-11-9-25(10-12-26)21(28)13-16-3-5-17(6-4-16)27-15-22-23-24-27/h3-8,14-15H,9-13H2,1-2H3. The van der Waals surface area contributed by atoms with Crippen LogP contribution in [0.5, 0.6) is 11.5 Å². The lowest BCUT2D eigenvalue weighted by Gasteiger charge is -2.34. The second kappa shape index (κ2) is 9.55. The van der Waals surface area contributed by atoms with Crippen LogP contribution in [0.3, 0.4) is 0 Å². The van der Waals surface area contributed by atoms with E-state index < -0.39 is 10.0 Å². The van der Waals surface area contributed by atoms with Gasteiger partial charge in [-0.15, -0.1) is 5.10 Å². The summed E-state index contributed by atoms with van der Waals surface area (Å²) in [5.74, 6) is 0.620. The zero-order valence-corrected chi connectivity index (χ0v) is 19.1. The van der Waals surface area contributed by atoms with Crippen molar-refractivity contribution in [2.75, 3.05) is 40.4 Å². The van der Waals surface area contributed by atoms with Crippen LogP contribution in [0.2, 0.25) is 0 Å². The second-order valence-corrected chi connectivity index (χ2v) is 9.31. The van der Waals surface area contributed by atoms with Gasteiger partial charge in [0.15, 0.2) is 0 Å². The van der Waals surface area contributed by atoms with Crippen molar-refractivity contribution in [2.45, 2.75) is 11.3 Å². The average molecular weight is 473 g/mol. The number of carbonyl (C=O) groups is 1. The van der Waals surface area contributed by atoms with Gasteiger partial charge in [0, 0.05) is 32.2 Å². The molecule has 1 aliphatic heterocycles. The Bertz CT molecular complexity index is 1210. The molecule has 0 spiro atoms. The van der Waals surface area contributed by atoms with Gasteiger partial charge < -0.3 is 14.4 Å². The molecule has 1 aliphatic rings. The number of methoxy groups -OCH3 is 2. The molecule has 33 heavy (non-hydrogen) atoms. The van der Waals surface area contributed by atoms with Crippen molar-refractivity contribution in [1.29, 1.82) is 0 Å². The maximum absolute atomic E-state index is 13.2. The normalized spacial score (nSPS) is 14.8. The smallest absolute Gasteiger partial charge is 0.247 e. The molecule has 1 saturated heterocycles. The molecular formula is C21H24N6O5S. The number of sulfonamides is 1. The van der Waals surface area contributed by atoms with Crippen molar-refractivity contribution in [1.82, 2.24) is 29.4 Å². The van der Waals surface area contributed by atoms with Crippen LogP contribution in [-0.4, -0.2) is 84.1 Å². The number of ether oxygens (including phenoxy) is 2. The SMILES string of the molecule is COc1ccc(OC)c(S(=O)(=O)N2CCN(C(=O)Cc3ccc(-n4cnnn4)cc3)CC2)c1. The van der Waals surface area contributed by atoms with E-state index in [4.69, 9.17) is 9.47 Å². The molecule has 0 saturated carbocycles. The van der Waals surface area contributed by atoms with Crippen molar-refractivity contribution in [3.05, 3.63) is 54.4 Å². The van der Waals surface area contributed by atoms with Crippen LogP contribution in [0, 0.1) is 0 Å². The molecule has 0 bridgehead atoms. The molecule has 2 aromatic carbocycles. The minimum Gasteiger partial charge on any atom is -0.497 e. The highest BCUT2D eigenvalue weighted by atomic mass is 32.2. The fraction of sp³-hybridized carbons (Fsp3) is 0.333. The molecule has 1 aromatic heterocycles. The van der Waals surface area contributed by atoms with Crippen LogP contribution in [-0.2, 0) is 21.2 Å². The van der Waals surface area contributed by atoms with Gasteiger partial charge in [0.05, 0.1) is 26.3 Å². The molecule has 0 unspecified atom stereocenters. The molecule has 0 radical (unpaired) electrons. The molecule has 12 heteroatoms. The van der Waals surface area contributed by atoms with Crippen LogP contribution in [0.15, 0.2) is 53.7 Å². The highest BCUT2D eigenvalue weighted by molar-refractivity contribution is 7.89. The van der Waals surface area contributed by atoms with Crippen molar-refractivity contribution in [3.63, 3.8) is 0 Å². The van der Waals surface area contributed by atoms with Gasteiger partial charge in [0.2, 0.25) is 15.9 Å². The minimum absolute atomic E-state index is 0.0480. The predicted octanol–water partition coefficient (Wildman–Crippen LogP) is 0.755. The fourth-order valence-electron chi connectivity index (χ4n) is 3.64. The summed E-state index contributed by atoms with van der Waals surface area (Å²) in [5, 5.41) is 11.0. The summed E-state index contributed by atoms with van der Waals surface area (Å²) in [7, 11) is -0.902. The zero-order chi connectivity index (χ0) is 23.4. The molecule has 0 atom stereocenters. The number of hydrogen-bond donors (Lipinski definition) is 0. The second-order valence-electron chi connectivity index (χ2n) is 7.40. The number of benzene rings is 2. The predicted molar refractivity (Wildman–Crippen MR) is 118 cm³/mol. The van der Waals surface area contributed by atoms with Gasteiger partial charge in [-0.2, -0.15) is 4.31 Å². The van der Waals surface area contributed by atoms with E-state index in [-0.39, 0.29) is 36.1 Å². The lowest BCUT2D eigenvalue weighted by molar-refractivity contribution is -0.131. The first kappa shape index (κ1) is 22.7. The zero-order valence-electron chi connectivity index (χ0n) is 18.3. The van der Waals surface area contributed by atoms with Crippen molar-refractivity contribution >= 4 is 15.9 Å². The van der Waals surface area contributed by atoms with Gasteiger partial charge in [-0.1, -0.05) is 12.1 Å². The van der Waals surface area contributed by atoms with Gasteiger partial charge in [0.1, 0.15) is 22.7 Å². The third-order valence-electron chi connectivity index (χ3n) is 5.49.